The number of nitrogens with one attached hydrogen (secondary N) is 1. The first-order chi connectivity index (χ1) is 8.00. The van der Waals surface area contributed by atoms with Crippen molar-refractivity contribution in [2.45, 2.75) is 45.1 Å². The van der Waals surface area contributed by atoms with Gasteiger partial charge in [-0.2, -0.15) is 5.26 Å². The number of hydrogen-bond donors (Lipinski definition) is 1. The Morgan fingerprint density at radius 2 is 2.12 bits per heavy atom. The van der Waals surface area contributed by atoms with Crippen molar-refractivity contribution in [2.75, 3.05) is 12.0 Å². The van der Waals surface area contributed by atoms with Crippen LogP contribution < -0.4 is 5.32 Å². The molecule has 2 atom stereocenters. The monoisotopic (exact) mass is 256 g/mol. The van der Waals surface area contributed by atoms with Gasteiger partial charge < -0.3 is 5.32 Å². The summed E-state index contributed by atoms with van der Waals surface area (Å²) in [6.07, 6.45) is 5.59. The van der Waals surface area contributed by atoms with Crippen LogP contribution in [0.4, 0.5) is 0 Å². The molecule has 1 aliphatic rings. The molecular formula is C12H20N2O2S. The second-order valence-corrected chi connectivity index (χ2v) is 6.40. The highest BCUT2D eigenvalue weighted by Crippen LogP contribution is 2.37. The van der Waals surface area contributed by atoms with Gasteiger partial charge >= 0.3 is 0 Å². The van der Waals surface area contributed by atoms with Crippen LogP contribution in [0.5, 0.6) is 0 Å². The molecule has 0 heterocycles. The molecular weight excluding hydrogens is 236 g/mol. The first-order valence-corrected chi connectivity index (χ1v) is 7.75. The lowest BCUT2D eigenvalue weighted by atomic mass is 9.87. The highest BCUT2D eigenvalue weighted by atomic mass is 32.2. The van der Waals surface area contributed by atoms with E-state index < -0.39 is 16.2 Å². The van der Waals surface area contributed by atoms with Crippen LogP contribution in [0.25, 0.3) is 0 Å². The van der Waals surface area contributed by atoms with Gasteiger partial charge in [-0.25, -0.2) is 0 Å². The summed E-state index contributed by atoms with van der Waals surface area (Å²) < 4.78 is 11.0. The van der Waals surface area contributed by atoms with Crippen molar-refractivity contribution in [2.24, 2.45) is 5.41 Å². The summed E-state index contributed by atoms with van der Waals surface area (Å²) in [4.78, 5) is 12.0. The van der Waals surface area contributed by atoms with Gasteiger partial charge in [0.05, 0.1) is 6.07 Å². The fraction of sp³-hybridized carbons (Fsp3) is 0.833. The minimum Gasteiger partial charge on any atom is -0.352 e. The van der Waals surface area contributed by atoms with Gasteiger partial charge in [0.1, 0.15) is 5.41 Å². The molecule has 1 fully saturated rings. The van der Waals surface area contributed by atoms with Gasteiger partial charge in [-0.15, -0.1) is 0 Å². The summed E-state index contributed by atoms with van der Waals surface area (Å²) in [7, 11) is -0.831. The Labute approximate surface area is 105 Å². The molecule has 1 amide bonds. The number of carbonyl (C=O) groups excluding carboxylic acids is 1. The molecule has 0 aliphatic heterocycles. The van der Waals surface area contributed by atoms with E-state index in [9.17, 15) is 9.00 Å². The predicted octanol–water partition coefficient (Wildman–Crippen LogP) is 1.34. The van der Waals surface area contributed by atoms with E-state index in [4.69, 9.17) is 5.26 Å². The highest BCUT2D eigenvalue weighted by molar-refractivity contribution is 7.84. The van der Waals surface area contributed by atoms with Crippen LogP contribution in [-0.4, -0.2) is 28.2 Å². The number of nitrogens with zero attached hydrogens (tertiary/aromatic N) is 1. The van der Waals surface area contributed by atoms with Gasteiger partial charge in [-0.3, -0.25) is 9.00 Å². The predicted molar refractivity (Wildman–Crippen MR) is 67.7 cm³/mol. The Morgan fingerprint density at radius 1 is 1.53 bits per heavy atom. The van der Waals surface area contributed by atoms with Crippen LogP contribution in [0.2, 0.25) is 0 Å². The summed E-state index contributed by atoms with van der Waals surface area (Å²) in [5.41, 5.74) is -0.806. The topological polar surface area (TPSA) is 70.0 Å². The van der Waals surface area contributed by atoms with Crippen LogP contribution in [0.1, 0.15) is 39.0 Å². The van der Waals surface area contributed by atoms with Crippen LogP contribution >= 0.6 is 0 Å². The molecule has 17 heavy (non-hydrogen) atoms. The number of nitriles is 1. The summed E-state index contributed by atoms with van der Waals surface area (Å²) in [5.74, 6) is 0.438. The molecule has 0 aromatic rings. The molecule has 0 spiro atoms. The van der Waals surface area contributed by atoms with E-state index >= 15 is 0 Å². The van der Waals surface area contributed by atoms with Crippen LogP contribution in [0.15, 0.2) is 0 Å². The lowest BCUT2D eigenvalue weighted by Crippen LogP contribution is -2.43. The van der Waals surface area contributed by atoms with E-state index in [0.717, 1.165) is 12.8 Å². The molecule has 0 radical (unpaired) electrons. The van der Waals surface area contributed by atoms with Gasteiger partial charge in [-0.1, -0.05) is 12.8 Å². The molecule has 0 bridgehead atoms. The zero-order valence-electron chi connectivity index (χ0n) is 10.5. The maximum absolute atomic E-state index is 12.0. The van der Waals surface area contributed by atoms with Gasteiger partial charge in [-0.05, 0) is 26.2 Å². The smallest absolute Gasteiger partial charge is 0.240 e. The second-order valence-electron chi connectivity index (χ2n) is 4.84. The van der Waals surface area contributed by atoms with Gasteiger partial charge in [0, 0.05) is 28.9 Å². The second kappa shape index (κ2) is 6.15. The van der Waals surface area contributed by atoms with Crippen LogP contribution in [0, 0.1) is 16.7 Å². The van der Waals surface area contributed by atoms with Crippen molar-refractivity contribution in [1.29, 1.82) is 5.26 Å². The highest BCUT2D eigenvalue weighted by Gasteiger charge is 2.41. The van der Waals surface area contributed by atoms with Gasteiger partial charge in [0.25, 0.3) is 0 Å². The van der Waals surface area contributed by atoms with Crippen LogP contribution in [0.3, 0.4) is 0 Å². The minimum absolute atomic E-state index is 0.0165. The molecule has 1 rings (SSSR count). The molecule has 2 unspecified atom stereocenters. The van der Waals surface area contributed by atoms with E-state index in [0.29, 0.717) is 25.0 Å². The Kier molecular flexibility index (Phi) is 5.13. The van der Waals surface area contributed by atoms with Crippen molar-refractivity contribution in [1.82, 2.24) is 5.32 Å². The van der Waals surface area contributed by atoms with E-state index in [-0.39, 0.29) is 11.9 Å². The molecule has 4 nitrogen and oxygen atoms in total. The van der Waals surface area contributed by atoms with Crippen molar-refractivity contribution in [3.8, 4) is 6.07 Å². The first kappa shape index (κ1) is 14.2. The Bertz CT molecular complexity index is 343. The summed E-state index contributed by atoms with van der Waals surface area (Å²) in [5, 5.41) is 12.0. The van der Waals surface area contributed by atoms with E-state index in [1.165, 1.54) is 0 Å². The summed E-state index contributed by atoms with van der Waals surface area (Å²) in [6, 6.07) is 2.16. The molecule has 1 aliphatic carbocycles. The maximum atomic E-state index is 12.0. The number of rotatable bonds is 5. The molecule has 0 saturated heterocycles. The molecule has 1 saturated carbocycles. The SMILES string of the molecule is CC(CCS(C)=O)NC(=O)C1(C#N)CCCC1. The fourth-order valence-corrected chi connectivity index (χ4v) is 2.83. The lowest BCUT2D eigenvalue weighted by molar-refractivity contribution is -0.128. The lowest BCUT2D eigenvalue weighted by Gasteiger charge is -2.22. The third kappa shape index (κ3) is 3.81. The third-order valence-corrected chi connectivity index (χ3v) is 4.13. The fourth-order valence-electron chi connectivity index (χ4n) is 2.15. The van der Waals surface area contributed by atoms with Crippen molar-refractivity contribution >= 4 is 16.7 Å². The molecule has 96 valence electrons. The standard InChI is InChI=1S/C12H20N2O2S/c1-10(5-8-17(2)16)14-11(15)12(9-13)6-3-4-7-12/h10H,3-8H2,1-2H3,(H,14,15). The van der Waals surface area contributed by atoms with Gasteiger partial charge in [0.2, 0.25) is 5.91 Å². The zero-order chi connectivity index (χ0) is 12.9. The largest absolute Gasteiger partial charge is 0.352 e. The van der Waals surface area contributed by atoms with E-state index in [2.05, 4.69) is 11.4 Å². The minimum atomic E-state index is -0.831. The summed E-state index contributed by atoms with van der Waals surface area (Å²) >= 11 is 0. The first-order valence-electron chi connectivity index (χ1n) is 6.02. The number of carbonyl (C=O) groups is 1. The molecule has 0 aromatic carbocycles. The molecule has 0 aromatic heterocycles. The summed E-state index contributed by atoms with van der Waals surface area (Å²) in [6.45, 7) is 1.89. The zero-order valence-corrected chi connectivity index (χ0v) is 11.3. The van der Waals surface area contributed by atoms with Gasteiger partial charge in [0.15, 0.2) is 0 Å². The normalized spacial score (nSPS) is 21.5. The molecule has 1 N–H and O–H groups in total. The van der Waals surface area contributed by atoms with E-state index in [1.807, 2.05) is 6.92 Å². The Balaban J connectivity index is 2.48. The third-order valence-electron chi connectivity index (χ3n) is 3.32. The average Bonchev–Trinajstić information content (AvgIpc) is 2.76. The van der Waals surface area contributed by atoms with E-state index in [1.54, 1.807) is 6.26 Å². The Morgan fingerprint density at radius 3 is 2.59 bits per heavy atom. The van der Waals surface area contributed by atoms with Crippen molar-refractivity contribution in [3.63, 3.8) is 0 Å². The number of amides is 1. The number of hydrogen-bond acceptors (Lipinski definition) is 3. The Hall–Kier alpha value is -0.890. The van der Waals surface area contributed by atoms with Crippen molar-refractivity contribution in [3.05, 3.63) is 0 Å². The van der Waals surface area contributed by atoms with Crippen LogP contribution in [-0.2, 0) is 15.6 Å². The van der Waals surface area contributed by atoms with Crippen molar-refractivity contribution < 1.29 is 9.00 Å². The molecule has 5 heteroatoms. The maximum Gasteiger partial charge on any atom is 0.240 e. The quantitative estimate of drug-likeness (QED) is 0.807. The average molecular weight is 256 g/mol.